The molecule has 1 aromatic carbocycles. The Kier molecular flexibility index (Phi) is 5.31. The Morgan fingerprint density at radius 1 is 1.45 bits per heavy atom. The molecule has 0 aromatic heterocycles. The standard InChI is InChI=1S/C12H11Cl2N3O3/c1-6(2)10(5-15)16-12(18)8-3-7(17(19)20)4-9(13)11(8)14/h3-4,6,10H,1-2H3,(H,16,18). The van der Waals surface area contributed by atoms with Crippen molar-refractivity contribution in [3.63, 3.8) is 0 Å². The summed E-state index contributed by atoms with van der Waals surface area (Å²) in [6, 6.07) is 3.29. The Bertz CT molecular complexity index is 596. The van der Waals surface area contributed by atoms with Crippen LogP contribution in [0.2, 0.25) is 10.0 Å². The number of halogens is 2. The van der Waals surface area contributed by atoms with E-state index >= 15 is 0 Å². The Labute approximate surface area is 125 Å². The Balaban J connectivity index is 3.16. The molecule has 0 heterocycles. The van der Waals surface area contributed by atoms with Gasteiger partial charge in [-0.1, -0.05) is 37.0 Å². The molecule has 0 fully saturated rings. The van der Waals surface area contributed by atoms with Crippen molar-refractivity contribution in [2.24, 2.45) is 5.92 Å². The third-order valence-corrected chi connectivity index (χ3v) is 3.36. The molecule has 0 saturated heterocycles. The fraction of sp³-hybridized carbons (Fsp3) is 0.333. The predicted octanol–water partition coefficient (Wildman–Crippen LogP) is 3.18. The van der Waals surface area contributed by atoms with E-state index in [0.717, 1.165) is 12.1 Å². The lowest BCUT2D eigenvalue weighted by atomic mass is 10.1. The molecule has 1 aromatic rings. The highest BCUT2D eigenvalue weighted by atomic mass is 35.5. The maximum Gasteiger partial charge on any atom is 0.271 e. The average molecular weight is 316 g/mol. The number of nitriles is 1. The lowest BCUT2D eigenvalue weighted by Crippen LogP contribution is -2.37. The highest BCUT2D eigenvalue weighted by Gasteiger charge is 2.22. The van der Waals surface area contributed by atoms with Gasteiger partial charge in [-0.05, 0) is 5.92 Å². The molecule has 0 bridgehead atoms. The molecule has 0 aliphatic rings. The van der Waals surface area contributed by atoms with Crippen LogP contribution in [0.1, 0.15) is 24.2 Å². The molecule has 0 radical (unpaired) electrons. The average Bonchev–Trinajstić information content (AvgIpc) is 2.37. The third-order valence-electron chi connectivity index (χ3n) is 2.56. The van der Waals surface area contributed by atoms with Gasteiger partial charge in [0.1, 0.15) is 6.04 Å². The van der Waals surface area contributed by atoms with Gasteiger partial charge >= 0.3 is 0 Å². The van der Waals surface area contributed by atoms with Crippen molar-refractivity contribution in [1.82, 2.24) is 5.32 Å². The Morgan fingerprint density at radius 3 is 2.50 bits per heavy atom. The van der Waals surface area contributed by atoms with Crippen molar-refractivity contribution in [2.75, 3.05) is 0 Å². The summed E-state index contributed by atoms with van der Waals surface area (Å²) in [6.07, 6.45) is 0. The number of non-ortho nitro benzene ring substituents is 1. The summed E-state index contributed by atoms with van der Waals surface area (Å²) in [4.78, 5) is 22.1. The van der Waals surface area contributed by atoms with E-state index in [1.165, 1.54) is 0 Å². The quantitative estimate of drug-likeness (QED) is 0.681. The van der Waals surface area contributed by atoms with E-state index in [9.17, 15) is 14.9 Å². The number of nitro benzene ring substituents is 1. The minimum Gasteiger partial charge on any atom is -0.336 e. The van der Waals surface area contributed by atoms with Crippen LogP contribution >= 0.6 is 23.2 Å². The summed E-state index contributed by atoms with van der Waals surface area (Å²) in [5.41, 5.74) is -0.477. The normalized spacial score (nSPS) is 11.8. The second-order valence-electron chi connectivity index (χ2n) is 4.37. The number of rotatable bonds is 4. The van der Waals surface area contributed by atoms with Gasteiger partial charge in [0, 0.05) is 12.1 Å². The molecule has 1 unspecified atom stereocenters. The van der Waals surface area contributed by atoms with Gasteiger partial charge in [-0.2, -0.15) is 5.26 Å². The summed E-state index contributed by atoms with van der Waals surface area (Å²) in [6.45, 7) is 3.52. The highest BCUT2D eigenvalue weighted by molar-refractivity contribution is 6.44. The Morgan fingerprint density at radius 2 is 2.05 bits per heavy atom. The van der Waals surface area contributed by atoms with Crippen molar-refractivity contribution in [3.05, 3.63) is 37.9 Å². The maximum atomic E-state index is 12.0. The minimum absolute atomic E-state index is 0.0878. The number of hydrogen-bond donors (Lipinski definition) is 1. The third kappa shape index (κ3) is 3.59. The molecule has 1 rings (SSSR count). The van der Waals surface area contributed by atoms with Gasteiger partial charge in [-0.3, -0.25) is 14.9 Å². The molecular weight excluding hydrogens is 305 g/mol. The van der Waals surface area contributed by atoms with Crippen LogP contribution in [0, 0.1) is 27.4 Å². The summed E-state index contributed by atoms with van der Waals surface area (Å²) >= 11 is 11.6. The zero-order chi connectivity index (χ0) is 15.4. The van der Waals surface area contributed by atoms with E-state index in [4.69, 9.17) is 28.5 Å². The first kappa shape index (κ1) is 16.2. The SMILES string of the molecule is CC(C)C(C#N)NC(=O)c1cc([N+](=O)[O-])cc(Cl)c1Cl. The lowest BCUT2D eigenvalue weighted by Gasteiger charge is -2.15. The molecule has 6 nitrogen and oxygen atoms in total. The monoisotopic (exact) mass is 315 g/mol. The first-order chi connectivity index (χ1) is 9.27. The van der Waals surface area contributed by atoms with Crippen LogP contribution in [-0.2, 0) is 0 Å². The van der Waals surface area contributed by atoms with Crippen molar-refractivity contribution < 1.29 is 9.72 Å². The molecule has 1 atom stereocenters. The van der Waals surface area contributed by atoms with Crippen LogP contribution in [0.25, 0.3) is 0 Å². The van der Waals surface area contributed by atoms with E-state index < -0.39 is 16.9 Å². The van der Waals surface area contributed by atoms with Crippen LogP contribution in [0.15, 0.2) is 12.1 Å². The molecule has 0 aliphatic carbocycles. The number of nitrogens with one attached hydrogen (secondary N) is 1. The van der Waals surface area contributed by atoms with Crippen molar-refractivity contribution in [3.8, 4) is 6.07 Å². The van der Waals surface area contributed by atoms with Gasteiger partial charge in [-0.25, -0.2) is 0 Å². The number of nitro groups is 1. The van der Waals surface area contributed by atoms with Crippen molar-refractivity contribution in [2.45, 2.75) is 19.9 Å². The number of hydrogen-bond acceptors (Lipinski definition) is 4. The molecular formula is C12H11Cl2N3O3. The molecule has 0 spiro atoms. The smallest absolute Gasteiger partial charge is 0.271 e. The van der Waals surface area contributed by atoms with Crippen LogP contribution in [0.3, 0.4) is 0 Å². The van der Waals surface area contributed by atoms with Crippen LogP contribution in [0.4, 0.5) is 5.69 Å². The minimum atomic E-state index is -0.725. The fourth-order valence-electron chi connectivity index (χ4n) is 1.41. The molecule has 0 saturated carbocycles. The van der Waals surface area contributed by atoms with E-state index in [1.54, 1.807) is 13.8 Å². The van der Waals surface area contributed by atoms with Crippen LogP contribution < -0.4 is 5.32 Å². The Hall–Kier alpha value is -1.84. The number of carbonyl (C=O) groups excluding carboxylic acids is 1. The first-order valence-corrected chi connectivity index (χ1v) is 6.37. The van der Waals surface area contributed by atoms with Crippen molar-refractivity contribution in [1.29, 1.82) is 5.26 Å². The van der Waals surface area contributed by atoms with Gasteiger partial charge in [-0.15, -0.1) is 0 Å². The molecule has 0 aliphatic heterocycles. The van der Waals surface area contributed by atoms with Gasteiger partial charge < -0.3 is 5.32 Å². The van der Waals surface area contributed by atoms with E-state index in [1.807, 2.05) is 6.07 Å². The van der Waals surface area contributed by atoms with E-state index in [0.29, 0.717) is 0 Å². The maximum absolute atomic E-state index is 12.0. The molecule has 20 heavy (non-hydrogen) atoms. The zero-order valence-corrected chi connectivity index (χ0v) is 12.2. The largest absolute Gasteiger partial charge is 0.336 e. The molecule has 106 valence electrons. The summed E-state index contributed by atoms with van der Waals surface area (Å²) in [5, 5.41) is 21.9. The number of benzene rings is 1. The summed E-state index contributed by atoms with van der Waals surface area (Å²) < 4.78 is 0. The number of carbonyl (C=O) groups is 1. The number of amides is 1. The molecule has 8 heteroatoms. The van der Waals surface area contributed by atoms with Gasteiger partial charge in [0.15, 0.2) is 0 Å². The van der Waals surface area contributed by atoms with Crippen LogP contribution in [-0.4, -0.2) is 16.9 Å². The van der Waals surface area contributed by atoms with Crippen molar-refractivity contribution >= 4 is 34.8 Å². The lowest BCUT2D eigenvalue weighted by molar-refractivity contribution is -0.384. The summed E-state index contributed by atoms with van der Waals surface area (Å²) in [5.74, 6) is -0.794. The molecule has 1 amide bonds. The van der Waals surface area contributed by atoms with Gasteiger partial charge in [0.2, 0.25) is 0 Å². The predicted molar refractivity (Wildman–Crippen MR) is 74.8 cm³/mol. The van der Waals surface area contributed by atoms with E-state index in [2.05, 4.69) is 5.32 Å². The summed E-state index contributed by atoms with van der Waals surface area (Å²) in [7, 11) is 0. The van der Waals surface area contributed by atoms with Gasteiger partial charge in [0.05, 0.1) is 26.6 Å². The van der Waals surface area contributed by atoms with Gasteiger partial charge in [0.25, 0.3) is 11.6 Å². The van der Waals surface area contributed by atoms with Crippen LogP contribution in [0.5, 0.6) is 0 Å². The molecule has 1 N–H and O–H groups in total. The first-order valence-electron chi connectivity index (χ1n) is 5.61. The highest BCUT2D eigenvalue weighted by Crippen LogP contribution is 2.30. The number of nitrogens with zero attached hydrogens (tertiary/aromatic N) is 2. The second-order valence-corrected chi connectivity index (χ2v) is 5.16. The zero-order valence-electron chi connectivity index (χ0n) is 10.7. The fourth-order valence-corrected chi connectivity index (χ4v) is 1.82. The second kappa shape index (κ2) is 6.55. The topological polar surface area (TPSA) is 96.0 Å². The van der Waals surface area contributed by atoms with E-state index in [-0.39, 0.29) is 27.2 Å².